The van der Waals surface area contributed by atoms with Crippen LogP contribution < -0.4 is 5.32 Å². The van der Waals surface area contributed by atoms with Gasteiger partial charge in [0.25, 0.3) is 0 Å². The Hall–Kier alpha value is -1.29. The Bertz CT molecular complexity index is 324. The van der Waals surface area contributed by atoms with Crippen molar-refractivity contribution in [1.29, 1.82) is 0 Å². The zero-order valence-corrected chi connectivity index (χ0v) is 9.58. The van der Waals surface area contributed by atoms with E-state index < -0.39 is 0 Å². The van der Waals surface area contributed by atoms with Crippen LogP contribution in [0.2, 0.25) is 5.02 Å². The van der Waals surface area contributed by atoms with Gasteiger partial charge in [-0.2, -0.15) is 0 Å². The fourth-order valence-corrected chi connectivity index (χ4v) is 1.11. The monoisotopic (exact) mass is 227 g/mol. The first-order chi connectivity index (χ1) is 7.09. The second-order valence-electron chi connectivity index (χ2n) is 3.33. The molecule has 0 aromatic carbocycles. The van der Waals surface area contributed by atoms with E-state index in [1.165, 1.54) is 0 Å². The number of nitrogens with one attached hydrogen (secondary N) is 1. The van der Waals surface area contributed by atoms with Gasteiger partial charge in [0.2, 0.25) is 5.91 Å². The zero-order chi connectivity index (χ0) is 11.3. The summed E-state index contributed by atoms with van der Waals surface area (Å²) < 4.78 is 0. The molecule has 0 saturated heterocycles. The third kappa shape index (κ3) is 4.16. The molecule has 0 aliphatic carbocycles. The van der Waals surface area contributed by atoms with Crippen LogP contribution in [-0.2, 0) is 4.79 Å². The minimum atomic E-state index is 0.0939. The van der Waals surface area contributed by atoms with Crippen molar-refractivity contribution in [2.75, 3.05) is 26.0 Å². The van der Waals surface area contributed by atoms with Crippen molar-refractivity contribution in [1.82, 2.24) is 9.88 Å². The molecular formula is C10H14ClN3O. The van der Waals surface area contributed by atoms with Crippen molar-refractivity contribution in [2.24, 2.45) is 0 Å². The predicted octanol–water partition coefficient (Wildman–Crippen LogP) is 1.63. The normalized spacial score (nSPS) is 9.80. The van der Waals surface area contributed by atoms with Crippen LogP contribution in [0.15, 0.2) is 18.3 Å². The van der Waals surface area contributed by atoms with E-state index in [1.807, 2.05) is 0 Å². The number of aromatic nitrogens is 1. The third-order valence-electron chi connectivity index (χ3n) is 1.87. The highest BCUT2D eigenvalue weighted by Crippen LogP contribution is 2.09. The summed E-state index contributed by atoms with van der Waals surface area (Å²) in [6.45, 7) is 0.575. The van der Waals surface area contributed by atoms with E-state index in [-0.39, 0.29) is 5.91 Å². The number of carbonyl (C=O) groups is 1. The van der Waals surface area contributed by atoms with Crippen molar-refractivity contribution < 1.29 is 4.79 Å². The average Bonchev–Trinajstić information content (AvgIpc) is 2.20. The van der Waals surface area contributed by atoms with Crippen molar-refractivity contribution in [3.63, 3.8) is 0 Å². The van der Waals surface area contributed by atoms with Crippen molar-refractivity contribution in [2.45, 2.75) is 6.42 Å². The smallest absolute Gasteiger partial charge is 0.223 e. The predicted molar refractivity (Wildman–Crippen MR) is 61.0 cm³/mol. The van der Waals surface area contributed by atoms with Crippen molar-refractivity contribution in [3.8, 4) is 0 Å². The molecule has 1 heterocycles. The largest absolute Gasteiger partial charge is 0.370 e. The van der Waals surface area contributed by atoms with Gasteiger partial charge in [-0.3, -0.25) is 4.79 Å². The lowest BCUT2D eigenvalue weighted by molar-refractivity contribution is -0.128. The van der Waals surface area contributed by atoms with Gasteiger partial charge < -0.3 is 10.2 Å². The van der Waals surface area contributed by atoms with E-state index in [1.54, 1.807) is 37.3 Å². The first-order valence-electron chi connectivity index (χ1n) is 4.65. The highest BCUT2D eigenvalue weighted by Gasteiger charge is 2.02. The number of halogens is 1. The van der Waals surface area contributed by atoms with Crippen LogP contribution in [0, 0.1) is 0 Å². The van der Waals surface area contributed by atoms with E-state index >= 15 is 0 Å². The van der Waals surface area contributed by atoms with Gasteiger partial charge in [-0.1, -0.05) is 11.6 Å². The molecule has 1 N–H and O–H groups in total. The Morgan fingerprint density at radius 2 is 2.27 bits per heavy atom. The molecule has 0 radical (unpaired) electrons. The summed E-state index contributed by atoms with van der Waals surface area (Å²) in [7, 11) is 3.48. The maximum Gasteiger partial charge on any atom is 0.223 e. The molecule has 4 nitrogen and oxygen atoms in total. The minimum Gasteiger partial charge on any atom is -0.370 e. The van der Waals surface area contributed by atoms with Crippen LogP contribution in [-0.4, -0.2) is 36.4 Å². The van der Waals surface area contributed by atoms with Crippen LogP contribution in [0.5, 0.6) is 0 Å². The number of nitrogens with zero attached hydrogens (tertiary/aromatic N) is 2. The Morgan fingerprint density at radius 3 is 2.80 bits per heavy atom. The molecule has 1 aromatic rings. The minimum absolute atomic E-state index is 0.0939. The molecular weight excluding hydrogens is 214 g/mol. The molecule has 0 spiro atoms. The Kier molecular flexibility index (Phi) is 4.37. The van der Waals surface area contributed by atoms with Gasteiger partial charge in [0.1, 0.15) is 5.82 Å². The molecule has 0 atom stereocenters. The van der Waals surface area contributed by atoms with E-state index in [4.69, 9.17) is 11.6 Å². The summed E-state index contributed by atoms with van der Waals surface area (Å²) in [5.74, 6) is 0.822. The molecule has 15 heavy (non-hydrogen) atoms. The van der Waals surface area contributed by atoms with Crippen molar-refractivity contribution >= 4 is 23.3 Å². The number of pyridine rings is 1. The van der Waals surface area contributed by atoms with E-state index in [0.29, 0.717) is 18.0 Å². The molecule has 0 bridgehead atoms. The average molecular weight is 228 g/mol. The van der Waals surface area contributed by atoms with Crippen LogP contribution in [0.4, 0.5) is 5.82 Å². The van der Waals surface area contributed by atoms with Crippen LogP contribution in [0.1, 0.15) is 6.42 Å². The highest BCUT2D eigenvalue weighted by molar-refractivity contribution is 6.30. The molecule has 0 unspecified atom stereocenters. The number of rotatable bonds is 4. The van der Waals surface area contributed by atoms with Crippen LogP contribution in [0.25, 0.3) is 0 Å². The third-order valence-corrected chi connectivity index (χ3v) is 2.09. The maximum absolute atomic E-state index is 11.2. The Morgan fingerprint density at radius 1 is 1.53 bits per heavy atom. The highest BCUT2D eigenvalue weighted by atomic mass is 35.5. The quantitative estimate of drug-likeness (QED) is 0.851. The summed E-state index contributed by atoms with van der Waals surface area (Å²) in [4.78, 5) is 16.9. The van der Waals surface area contributed by atoms with Gasteiger partial charge >= 0.3 is 0 Å². The van der Waals surface area contributed by atoms with Gasteiger partial charge in [0, 0.05) is 33.3 Å². The van der Waals surface area contributed by atoms with Gasteiger partial charge in [0.15, 0.2) is 0 Å². The van der Waals surface area contributed by atoms with E-state index in [9.17, 15) is 4.79 Å². The molecule has 0 fully saturated rings. The van der Waals surface area contributed by atoms with Gasteiger partial charge in [-0.25, -0.2) is 4.98 Å². The fraction of sp³-hybridized carbons (Fsp3) is 0.400. The first kappa shape index (κ1) is 11.8. The van der Waals surface area contributed by atoms with E-state index in [0.717, 1.165) is 5.82 Å². The molecule has 0 saturated carbocycles. The molecule has 1 amide bonds. The second-order valence-corrected chi connectivity index (χ2v) is 3.76. The number of amides is 1. The molecule has 0 aliphatic rings. The van der Waals surface area contributed by atoms with Crippen LogP contribution >= 0.6 is 11.6 Å². The number of hydrogen-bond donors (Lipinski definition) is 1. The topological polar surface area (TPSA) is 45.2 Å². The lowest BCUT2D eigenvalue weighted by Crippen LogP contribution is -2.24. The fourth-order valence-electron chi connectivity index (χ4n) is 1.00. The molecule has 1 aromatic heterocycles. The second kappa shape index (κ2) is 5.56. The number of anilines is 1. The van der Waals surface area contributed by atoms with Crippen molar-refractivity contribution in [3.05, 3.63) is 23.4 Å². The molecule has 1 rings (SSSR count). The molecule has 5 heteroatoms. The molecule has 0 aliphatic heterocycles. The Labute approximate surface area is 94.3 Å². The summed E-state index contributed by atoms with van der Waals surface area (Å²) in [5, 5.41) is 3.64. The molecule has 82 valence electrons. The summed E-state index contributed by atoms with van der Waals surface area (Å²) >= 11 is 5.69. The lowest BCUT2D eigenvalue weighted by atomic mass is 10.3. The SMILES string of the molecule is CN(C)C(=O)CCNc1ccc(Cl)cn1. The van der Waals surface area contributed by atoms with E-state index in [2.05, 4.69) is 10.3 Å². The first-order valence-corrected chi connectivity index (χ1v) is 5.03. The zero-order valence-electron chi connectivity index (χ0n) is 8.83. The number of carbonyl (C=O) groups excluding carboxylic acids is 1. The lowest BCUT2D eigenvalue weighted by Gasteiger charge is -2.10. The Balaban J connectivity index is 2.32. The summed E-state index contributed by atoms with van der Waals surface area (Å²) in [5.41, 5.74) is 0. The maximum atomic E-state index is 11.2. The van der Waals surface area contributed by atoms with Crippen LogP contribution in [0.3, 0.4) is 0 Å². The van der Waals surface area contributed by atoms with Gasteiger partial charge in [-0.05, 0) is 12.1 Å². The van der Waals surface area contributed by atoms with Gasteiger partial charge in [-0.15, -0.1) is 0 Å². The number of hydrogen-bond acceptors (Lipinski definition) is 3. The standard InChI is InChI=1S/C10H14ClN3O/c1-14(2)10(15)5-6-12-9-4-3-8(11)7-13-9/h3-4,7H,5-6H2,1-2H3,(H,12,13). The summed E-state index contributed by atoms with van der Waals surface area (Å²) in [6, 6.07) is 3.53. The summed E-state index contributed by atoms with van der Waals surface area (Å²) in [6.07, 6.45) is 2.02. The van der Waals surface area contributed by atoms with Gasteiger partial charge in [0.05, 0.1) is 5.02 Å².